The van der Waals surface area contributed by atoms with Gasteiger partial charge in [-0.2, -0.15) is 8.78 Å². The zero-order valence-corrected chi connectivity index (χ0v) is 14.3. The summed E-state index contributed by atoms with van der Waals surface area (Å²) in [6.07, 6.45) is 1.62. The highest BCUT2D eigenvalue weighted by atomic mass is 32.2. The predicted molar refractivity (Wildman–Crippen MR) is 90.8 cm³/mol. The van der Waals surface area contributed by atoms with Gasteiger partial charge in [0.1, 0.15) is 5.75 Å². The number of hydrogen-bond donors (Lipinski definition) is 2. The van der Waals surface area contributed by atoms with Crippen LogP contribution in [0.4, 0.5) is 14.5 Å². The van der Waals surface area contributed by atoms with Crippen molar-refractivity contribution in [2.75, 3.05) is 5.32 Å². The van der Waals surface area contributed by atoms with E-state index in [4.69, 9.17) is 0 Å². The van der Waals surface area contributed by atoms with Crippen LogP contribution in [0.1, 0.15) is 23.2 Å². The molecule has 0 radical (unpaired) electrons. The molecule has 2 N–H and O–H groups in total. The van der Waals surface area contributed by atoms with Crippen molar-refractivity contribution in [3.63, 3.8) is 0 Å². The number of amides is 1. The summed E-state index contributed by atoms with van der Waals surface area (Å²) in [6.45, 7) is -2.93. The molecule has 6 nitrogen and oxygen atoms in total. The standard InChI is InChI=1S/C17H16F2N2O4S/c18-17(19)25-14-8-6-12(7-9-14)20-16(22)11-2-1-3-15(10-11)26(23,24)21-13-4-5-13/h1-3,6-10,13,17,21H,4-5H2,(H,20,22). The van der Waals surface area contributed by atoms with Crippen LogP contribution in [0.5, 0.6) is 5.75 Å². The fourth-order valence-corrected chi connectivity index (χ4v) is 3.57. The molecule has 0 spiro atoms. The maximum Gasteiger partial charge on any atom is 0.387 e. The predicted octanol–water partition coefficient (Wildman–Crippen LogP) is 2.98. The normalized spacial score (nSPS) is 14.3. The van der Waals surface area contributed by atoms with E-state index in [1.165, 1.54) is 48.5 Å². The number of nitrogens with one attached hydrogen (secondary N) is 2. The highest BCUT2D eigenvalue weighted by Gasteiger charge is 2.28. The highest BCUT2D eigenvalue weighted by molar-refractivity contribution is 7.89. The average Bonchev–Trinajstić information content (AvgIpc) is 3.39. The molecule has 2 aromatic rings. The fourth-order valence-electron chi connectivity index (χ4n) is 2.22. The van der Waals surface area contributed by atoms with Crippen LogP contribution in [0, 0.1) is 0 Å². The maximum atomic E-state index is 12.3. The summed E-state index contributed by atoms with van der Waals surface area (Å²) >= 11 is 0. The Kier molecular flexibility index (Phi) is 5.19. The molecule has 0 heterocycles. The second-order valence-electron chi connectivity index (χ2n) is 5.78. The number of carbonyl (C=O) groups is 1. The second kappa shape index (κ2) is 7.38. The van der Waals surface area contributed by atoms with Crippen molar-refractivity contribution in [1.29, 1.82) is 0 Å². The van der Waals surface area contributed by atoms with Crippen molar-refractivity contribution in [1.82, 2.24) is 4.72 Å². The molecule has 1 amide bonds. The molecule has 3 rings (SSSR count). The van der Waals surface area contributed by atoms with Crippen molar-refractivity contribution in [2.45, 2.75) is 30.4 Å². The highest BCUT2D eigenvalue weighted by Crippen LogP contribution is 2.23. The maximum absolute atomic E-state index is 12.3. The third-order valence-electron chi connectivity index (χ3n) is 3.64. The number of sulfonamides is 1. The van der Waals surface area contributed by atoms with E-state index >= 15 is 0 Å². The van der Waals surface area contributed by atoms with Gasteiger partial charge in [0, 0.05) is 17.3 Å². The molecule has 0 unspecified atom stereocenters. The van der Waals surface area contributed by atoms with Gasteiger partial charge in [-0.15, -0.1) is 0 Å². The Morgan fingerprint density at radius 3 is 2.42 bits per heavy atom. The zero-order valence-electron chi connectivity index (χ0n) is 13.5. The summed E-state index contributed by atoms with van der Waals surface area (Å²) in [6, 6.07) is 11.0. The summed E-state index contributed by atoms with van der Waals surface area (Å²) < 4.78 is 55.5. The first-order valence-corrected chi connectivity index (χ1v) is 9.30. The topological polar surface area (TPSA) is 84.5 Å². The number of carbonyl (C=O) groups excluding carboxylic acids is 1. The van der Waals surface area contributed by atoms with E-state index in [9.17, 15) is 22.0 Å². The lowest BCUT2D eigenvalue weighted by Crippen LogP contribution is -2.26. The van der Waals surface area contributed by atoms with Crippen molar-refractivity contribution in [2.24, 2.45) is 0 Å². The van der Waals surface area contributed by atoms with Crippen LogP contribution in [0.3, 0.4) is 0 Å². The van der Waals surface area contributed by atoms with E-state index in [1.54, 1.807) is 0 Å². The van der Waals surface area contributed by atoms with Gasteiger partial charge in [-0.25, -0.2) is 13.1 Å². The van der Waals surface area contributed by atoms with Crippen LogP contribution in [0.25, 0.3) is 0 Å². The molecule has 9 heteroatoms. The molecule has 2 aromatic carbocycles. The lowest BCUT2D eigenvalue weighted by Gasteiger charge is -2.09. The van der Waals surface area contributed by atoms with Gasteiger partial charge >= 0.3 is 6.61 Å². The van der Waals surface area contributed by atoms with Gasteiger partial charge in [0.2, 0.25) is 10.0 Å². The van der Waals surface area contributed by atoms with Crippen molar-refractivity contribution in [3.05, 3.63) is 54.1 Å². The van der Waals surface area contributed by atoms with Crippen LogP contribution < -0.4 is 14.8 Å². The molecule has 1 aliphatic carbocycles. The minimum absolute atomic E-state index is 0.0118. The third kappa shape index (κ3) is 4.77. The fraction of sp³-hybridized carbons (Fsp3) is 0.235. The Morgan fingerprint density at radius 2 is 1.81 bits per heavy atom. The summed E-state index contributed by atoms with van der Waals surface area (Å²) in [7, 11) is -3.66. The van der Waals surface area contributed by atoms with Crippen LogP contribution in [0.2, 0.25) is 0 Å². The van der Waals surface area contributed by atoms with Gasteiger partial charge in [0.25, 0.3) is 5.91 Å². The lowest BCUT2D eigenvalue weighted by atomic mass is 10.2. The van der Waals surface area contributed by atoms with Gasteiger partial charge in [-0.05, 0) is 55.3 Å². The first-order valence-electron chi connectivity index (χ1n) is 7.82. The van der Waals surface area contributed by atoms with Crippen molar-refractivity contribution < 1.29 is 26.7 Å². The molecule has 26 heavy (non-hydrogen) atoms. The second-order valence-corrected chi connectivity index (χ2v) is 7.49. The number of halogens is 2. The van der Waals surface area contributed by atoms with Crippen LogP contribution in [-0.2, 0) is 10.0 Å². The third-order valence-corrected chi connectivity index (χ3v) is 5.16. The van der Waals surface area contributed by atoms with Crippen molar-refractivity contribution in [3.8, 4) is 5.75 Å². The molecule has 0 saturated heterocycles. The summed E-state index contributed by atoms with van der Waals surface area (Å²) in [5, 5.41) is 2.57. The Labute approximate surface area is 149 Å². The lowest BCUT2D eigenvalue weighted by molar-refractivity contribution is -0.0498. The van der Waals surface area contributed by atoms with Crippen LogP contribution >= 0.6 is 0 Å². The molecule has 1 fully saturated rings. The molecule has 1 saturated carbocycles. The molecule has 0 aromatic heterocycles. The average molecular weight is 382 g/mol. The Bertz CT molecular complexity index is 897. The SMILES string of the molecule is O=C(Nc1ccc(OC(F)F)cc1)c1cccc(S(=O)(=O)NC2CC2)c1. The van der Waals surface area contributed by atoms with E-state index in [0.29, 0.717) is 5.69 Å². The summed E-state index contributed by atoms with van der Waals surface area (Å²) in [5.74, 6) is -0.548. The van der Waals surface area contributed by atoms with Gasteiger partial charge in [0.05, 0.1) is 4.90 Å². The van der Waals surface area contributed by atoms with Gasteiger partial charge in [-0.1, -0.05) is 6.07 Å². The Balaban J connectivity index is 1.70. The molecule has 138 valence electrons. The van der Waals surface area contributed by atoms with E-state index in [0.717, 1.165) is 12.8 Å². The number of anilines is 1. The summed E-state index contributed by atoms with van der Waals surface area (Å²) in [5.41, 5.74) is 0.526. The van der Waals surface area contributed by atoms with Crippen molar-refractivity contribution >= 4 is 21.6 Å². The smallest absolute Gasteiger partial charge is 0.387 e. The zero-order chi connectivity index (χ0) is 18.7. The first-order chi connectivity index (χ1) is 12.3. The van der Waals surface area contributed by atoms with E-state index < -0.39 is 22.5 Å². The van der Waals surface area contributed by atoms with Crippen LogP contribution in [-0.4, -0.2) is 27.0 Å². The van der Waals surface area contributed by atoms with E-state index in [2.05, 4.69) is 14.8 Å². The van der Waals surface area contributed by atoms with Gasteiger partial charge in [-0.3, -0.25) is 4.79 Å². The first kappa shape index (κ1) is 18.3. The number of hydrogen-bond acceptors (Lipinski definition) is 4. The number of rotatable bonds is 7. The monoisotopic (exact) mass is 382 g/mol. The molecule has 1 aliphatic rings. The van der Waals surface area contributed by atoms with Gasteiger partial charge < -0.3 is 10.1 Å². The number of ether oxygens (including phenoxy) is 1. The minimum atomic E-state index is -3.66. The minimum Gasteiger partial charge on any atom is -0.435 e. The quantitative estimate of drug-likeness (QED) is 0.771. The Morgan fingerprint density at radius 1 is 1.12 bits per heavy atom. The summed E-state index contributed by atoms with van der Waals surface area (Å²) in [4.78, 5) is 12.3. The van der Waals surface area contributed by atoms with Gasteiger partial charge in [0.15, 0.2) is 0 Å². The molecule has 0 aliphatic heterocycles. The molecular formula is C17H16F2N2O4S. The molecule has 0 bridgehead atoms. The Hall–Kier alpha value is -2.52. The number of benzene rings is 2. The largest absolute Gasteiger partial charge is 0.435 e. The van der Waals surface area contributed by atoms with E-state index in [-0.39, 0.29) is 22.3 Å². The van der Waals surface area contributed by atoms with Crippen LogP contribution in [0.15, 0.2) is 53.4 Å². The number of alkyl halides is 2. The molecular weight excluding hydrogens is 366 g/mol. The molecule has 0 atom stereocenters. The van der Waals surface area contributed by atoms with E-state index in [1.807, 2.05) is 0 Å².